The first-order chi connectivity index (χ1) is 9.82. The molecule has 7 nitrogen and oxygen atoms in total. The van der Waals surface area contributed by atoms with Gasteiger partial charge in [0.2, 0.25) is 0 Å². The number of nitrogens with one attached hydrogen (secondary N) is 1. The predicted octanol–water partition coefficient (Wildman–Crippen LogP) is 2.93. The summed E-state index contributed by atoms with van der Waals surface area (Å²) < 4.78 is 5.28. The lowest BCUT2D eigenvalue weighted by atomic mass is 9.91. The van der Waals surface area contributed by atoms with Gasteiger partial charge in [-0.15, -0.1) is 0 Å². The smallest absolute Gasteiger partial charge is 0.338 e. The molecule has 21 heavy (non-hydrogen) atoms. The lowest BCUT2D eigenvalue weighted by Gasteiger charge is -2.36. The standard InChI is InChI=1S/C13H15ClN2O5/c1-13(2-4-21-5-3-13)15-11-9(12(17)18)6-8(16(19)20)7-10(11)14/h6-7,15H,2-5H2,1H3,(H,17,18). The third-order valence-corrected chi connectivity index (χ3v) is 3.84. The number of nitrogens with zero attached hydrogens (tertiary/aromatic N) is 1. The topological polar surface area (TPSA) is 102 Å². The van der Waals surface area contributed by atoms with Crippen molar-refractivity contribution in [2.45, 2.75) is 25.3 Å². The molecule has 0 atom stereocenters. The van der Waals surface area contributed by atoms with Crippen LogP contribution in [0.3, 0.4) is 0 Å². The monoisotopic (exact) mass is 314 g/mol. The molecule has 0 spiro atoms. The highest BCUT2D eigenvalue weighted by atomic mass is 35.5. The molecule has 2 N–H and O–H groups in total. The molecule has 0 unspecified atom stereocenters. The zero-order valence-corrected chi connectivity index (χ0v) is 12.1. The summed E-state index contributed by atoms with van der Waals surface area (Å²) in [4.78, 5) is 21.5. The Morgan fingerprint density at radius 2 is 2.10 bits per heavy atom. The van der Waals surface area contributed by atoms with Crippen LogP contribution in [0, 0.1) is 10.1 Å². The van der Waals surface area contributed by atoms with E-state index in [4.69, 9.17) is 16.3 Å². The van der Waals surface area contributed by atoms with E-state index in [9.17, 15) is 20.0 Å². The zero-order valence-electron chi connectivity index (χ0n) is 11.4. The highest BCUT2D eigenvalue weighted by Crippen LogP contribution is 2.35. The maximum Gasteiger partial charge on any atom is 0.338 e. The van der Waals surface area contributed by atoms with E-state index in [1.807, 2.05) is 6.92 Å². The number of hydrogen-bond acceptors (Lipinski definition) is 5. The van der Waals surface area contributed by atoms with Crippen molar-refractivity contribution in [3.8, 4) is 0 Å². The third kappa shape index (κ3) is 3.43. The fourth-order valence-electron chi connectivity index (χ4n) is 2.24. The summed E-state index contributed by atoms with van der Waals surface area (Å²) in [5.41, 5.74) is -0.705. The van der Waals surface area contributed by atoms with Crippen molar-refractivity contribution in [3.05, 3.63) is 32.8 Å². The van der Waals surface area contributed by atoms with Crippen LogP contribution in [0.25, 0.3) is 0 Å². The Bertz CT molecular complexity index is 584. The van der Waals surface area contributed by atoms with Gasteiger partial charge < -0.3 is 15.2 Å². The molecule has 1 saturated heterocycles. The first kappa shape index (κ1) is 15.5. The molecule has 0 saturated carbocycles. The van der Waals surface area contributed by atoms with Crippen LogP contribution in [-0.4, -0.2) is 34.8 Å². The quantitative estimate of drug-likeness (QED) is 0.654. The number of benzene rings is 1. The molecular formula is C13H15ClN2O5. The number of carboxylic acids is 1. The van der Waals surface area contributed by atoms with Crippen LogP contribution in [-0.2, 0) is 4.74 Å². The van der Waals surface area contributed by atoms with E-state index < -0.39 is 10.9 Å². The van der Waals surface area contributed by atoms with Crippen molar-refractivity contribution in [3.63, 3.8) is 0 Å². The van der Waals surface area contributed by atoms with Crippen molar-refractivity contribution >= 4 is 28.9 Å². The fraction of sp³-hybridized carbons (Fsp3) is 0.462. The van der Waals surface area contributed by atoms with Crippen molar-refractivity contribution in [2.24, 2.45) is 0 Å². The van der Waals surface area contributed by atoms with E-state index in [1.54, 1.807) is 0 Å². The lowest BCUT2D eigenvalue weighted by Crippen LogP contribution is -2.41. The Morgan fingerprint density at radius 3 is 2.62 bits per heavy atom. The summed E-state index contributed by atoms with van der Waals surface area (Å²) in [7, 11) is 0. The molecule has 0 bridgehead atoms. The number of carboxylic acid groups (broad SMARTS) is 1. The minimum Gasteiger partial charge on any atom is -0.478 e. The van der Waals surface area contributed by atoms with Gasteiger partial charge in [0.05, 0.1) is 21.2 Å². The van der Waals surface area contributed by atoms with Crippen LogP contribution < -0.4 is 5.32 Å². The Hall–Kier alpha value is -1.86. The molecule has 114 valence electrons. The number of non-ortho nitro benzene ring substituents is 1. The van der Waals surface area contributed by atoms with Crippen molar-refractivity contribution < 1.29 is 19.6 Å². The highest BCUT2D eigenvalue weighted by molar-refractivity contribution is 6.34. The summed E-state index contributed by atoms with van der Waals surface area (Å²) in [6, 6.07) is 2.16. The Labute approximate surface area is 126 Å². The van der Waals surface area contributed by atoms with Gasteiger partial charge in [-0.2, -0.15) is 0 Å². The molecule has 1 heterocycles. The first-order valence-corrected chi connectivity index (χ1v) is 6.77. The van der Waals surface area contributed by atoms with Crippen LogP contribution in [0.5, 0.6) is 0 Å². The van der Waals surface area contributed by atoms with E-state index in [2.05, 4.69) is 5.32 Å². The van der Waals surface area contributed by atoms with Crippen molar-refractivity contribution in [1.29, 1.82) is 0 Å². The predicted molar refractivity (Wildman–Crippen MR) is 77.1 cm³/mol. The molecule has 1 aliphatic heterocycles. The number of rotatable bonds is 4. The zero-order chi connectivity index (χ0) is 15.6. The molecule has 0 radical (unpaired) electrons. The molecule has 1 aromatic carbocycles. The van der Waals surface area contributed by atoms with Crippen LogP contribution >= 0.6 is 11.6 Å². The number of aromatic carboxylic acids is 1. The minimum absolute atomic E-state index is 0.0225. The normalized spacial score (nSPS) is 17.2. The van der Waals surface area contributed by atoms with Crippen molar-refractivity contribution in [1.82, 2.24) is 0 Å². The van der Waals surface area contributed by atoms with Gasteiger partial charge in [-0.05, 0) is 19.8 Å². The molecule has 2 rings (SSSR count). The SMILES string of the molecule is CC1(Nc2c(Cl)cc([N+](=O)[O-])cc2C(=O)O)CCOCC1. The summed E-state index contributed by atoms with van der Waals surface area (Å²) in [5.74, 6) is -1.27. The van der Waals surface area contributed by atoms with Crippen LogP contribution in [0.1, 0.15) is 30.1 Å². The van der Waals surface area contributed by atoms with Gasteiger partial charge >= 0.3 is 5.97 Å². The number of nitro groups is 1. The van der Waals surface area contributed by atoms with E-state index in [1.165, 1.54) is 0 Å². The summed E-state index contributed by atoms with van der Waals surface area (Å²) in [6.07, 6.45) is 1.39. The molecule has 1 fully saturated rings. The largest absolute Gasteiger partial charge is 0.478 e. The van der Waals surface area contributed by atoms with E-state index in [0.717, 1.165) is 12.1 Å². The number of halogens is 1. The van der Waals surface area contributed by atoms with E-state index in [0.29, 0.717) is 26.1 Å². The fourth-order valence-corrected chi connectivity index (χ4v) is 2.50. The summed E-state index contributed by atoms with van der Waals surface area (Å²) >= 11 is 6.04. The molecule has 0 aromatic heterocycles. The first-order valence-electron chi connectivity index (χ1n) is 6.39. The van der Waals surface area contributed by atoms with E-state index >= 15 is 0 Å². The maximum atomic E-state index is 11.3. The second-order valence-corrected chi connectivity index (χ2v) is 5.62. The Kier molecular flexibility index (Phi) is 4.34. The maximum absolute atomic E-state index is 11.3. The Balaban J connectivity index is 2.42. The molecule has 1 aliphatic rings. The number of hydrogen-bond donors (Lipinski definition) is 2. The van der Waals surface area contributed by atoms with Crippen LogP contribution in [0.15, 0.2) is 12.1 Å². The second-order valence-electron chi connectivity index (χ2n) is 5.21. The summed E-state index contributed by atoms with van der Waals surface area (Å²) in [5, 5.41) is 23.2. The Morgan fingerprint density at radius 1 is 1.48 bits per heavy atom. The van der Waals surface area contributed by atoms with Crippen LogP contribution in [0.2, 0.25) is 5.02 Å². The highest BCUT2D eigenvalue weighted by Gasteiger charge is 2.30. The third-order valence-electron chi connectivity index (χ3n) is 3.54. The molecule has 8 heteroatoms. The average molecular weight is 315 g/mol. The summed E-state index contributed by atoms with van der Waals surface area (Å²) in [6.45, 7) is 3.08. The number of nitro benzene ring substituents is 1. The van der Waals surface area contributed by atoms with E-state index in [-0.39, 0.29) is 27.5 Å². The number of anilines is 1. The molecule has 0 aliphatic carbocycles. The molecular weight excluding hydrogens is 300 g/mol. The van der Waals surface area contributed by atoms with Crippen molar-refractivity contribution in [2.75, 3.05) is 18.5 Å². The minimum atomic E-state index is -1.27. The molecule has 0 amide bonds. The second kappa shape index (κ2) is 5.87. The van der Waals surface area contributed by atoms with Gasteiger partial charge in [0.25, 0.3) is 5.69 Å². The number of carbonyl (C=O) groups is 1. The average Bonchev–Trinajstić information content (AvgIpc) is 2.40. The van der Waals surface area contributed by atoms with Gasteiger partial charge in [-0.1, -0.05) is 11.6 Å². The van der Waals surface area contributed by atoms with Crippen LogP contribution in [0.4, 0.5) is 11.4 Å². The molecule has 1 aromatic rings. The van der Waals surface area contributed by atoms with Gasteiger partial charge in [0.1, 0.15) is 0 Å². The van der Waals surface area contributed by atoms with Gasteiger partial charge in [-0.25, -0.2) is 4.79 Å². The van der Waals surface area contributed by atoms with Gasteiger partial charge in [-0.3, -0.25) is 10.1 Å². The number of ether oxygens (including phenoxy) is 1. The van der Waals surface area contributed by atoms with Gasteiger partial charge in [0, 0.05) is 30.9 Å². The van der Waals surface area contributed by atoms with Gasteiger partial charge in [0.15, 0.2) is 0 Å². The lowest BCUT2D eigenvalue weighted by molar-refractivity contribution is -0.384.